The van der Waals surface area contributed by atoms with Crippen molar-refractivity contribution in [2.24, 2.45) is 7.05 Å². The van der Waals surface area contributed by atoms with Gasteiger partial charge < -0.3 is 4.55 Å². The van der Waals surface area contributed by atoms with E-state index in [1.54, 1.807) is 0 Å². The zero-order valence-corrected chi connectivity index (χ0v) is 6.33. The van der Waals surface area contributed by atoms with E-state index in [0.29, 0.717) is 0 Å². The number of aryl methyl sites for hydroxylation is 1. The van der Waals surface area contributed by atoms with E-state index < -0.39 is 11.1 Å². The second kappa shape index (κ2) is 3.83. The Morgan fingerprint density at radius 2 is 2.30 bits per heavy atom. The van der Waals surface area contributed by atoms with Gasteiger partial charge in [0.05, 0.1) is 7.05 Å². The molecule has 0 spiro atoms. The van der Waals surface area contributed by atoms with Crippen LogP contribution in [0.4, 0.5) is 0 Å². The van der Waals surface area contributed by atoms with Crippen LogP contribution in [0.5, 0.6) is 0 Å². The Kier molecular flexibility index (Phi) is 3.74. The zero-order chi connectivity index (χ0) is 6.85. The van der Waals surface area contributed by atoms with Crippen LogP contribution in [0.2, 0.25) is 0 Å². The van der Waals surface area contributed by atoms with Crippen molar-refractivity contribution in [2.75, 3.05) is 0 Å². The first kappa shape index (κ1) is 9.78. The molecule has 0 bridgehead atoms. The minimum Gasteiger partial charge on any atom is -0.766 e. The van der Waals surface area contributed by atoms with Crippen LogP contribution in [0.3, 0.4) is 0 Å². The molecule has 0 fully saturated rings. The van der Waals surface area contributed by atoms with Crippen LogP contribution < -0.4 is 18.9 Å². The summed E-state index contributed by atoms with van der Waals surface area (Å²) in [7, 11) is 1.49. The minimum atomic E-state index is -2.36. The Hall–Kier alpha value is -0.223. The maximum Gasteiger partial charge on any atom is 1.00 e. The molecule has 0 aliphatic rings. The van der Waals surface area contributed by atoms with E-state index in [9.17, 15) is 8.76 Å². The van der Waals surface area contributed by atoms with Gasteiger partial charge in [-0.15, -0.1) is 5.10 Å². The molecule has 1 rings (SSSR count). The molecule has 1 aromatic heterocycles. The quantitative estimate of drug-likeness (QED) is 0.300. The van der Waals surface area contributed by atoms with Gasteiger partial charge in [-0.05, 0) is 5.21 Å². The third kappa shape index (κ3) is 2.19. The van der Waals surface area contributed by atoms with Crippen LogP contribution in [0.15, 0.2) is 5.16 Å². The summed E-state index contributed by atoms with van der Waals surface area (Å²) in [5.74, 6) is 0. The van der Waals surface area contributed by atoms with Crippen molar-refractivity contribution in [3.05, 3.63) is 0 Å². The topological polar surface area (TPSA) is 83.7 Å². The maximum absolute atomic E-state index is 10.0. The van der Waals surface area contributed by atoms with Gasteiger partial charge in [0, 0.05) is 11.1 Å². The van der Waals surface area contributed by atoms with Gasteiger partial charge in [0.1, 0.15) is 0 Å². The number of nitrogens with zero attached hydrogens (tertiary/aromatic N) is 4. The third-order valence-electron chi connectivity index (χ3n) is 0.639. The fourth-order valence-electron chi connectivity index (χ4n) is 0.333. The third-order valence-corrected chi connectivity index (χ3v) is 1.10. The molecular weight excluding hydrogens is 151 g/mol. The second-order valence-corrected chi connectivity index (χ2v) is 2.13. The van der Waals surface area contributed by atoms with Gasteiger partial charge in [-0.2, -0.15) is 4.80 Å². The van der Waals surface area contributed by atoms with E-state index >= 15 is 0 Å². The molecule has 0 aromatic carbocycles. The Labute approximate surface area is 71.5 Å². The van der Waals surface area contributed by atoms with Crippen LogP contribution in [-0.2, 0) is 18.1 Å². The molecule has 0 N–H and O–H groups in total. The molecule has 0 aliphatic heterocycles. The van der Waals surface area contributed by atoms with Crippen LogP contribution in [0.25, 0.3) is 0 Å². The normalized spacial score (nSPS) is 12.2. The van der Waals surface area contributed by atoms with Crippen LogP contribution in [-0.4, -0.2) is 29.0 Å². The molecule has 8 heteroatoms. The van der Waals surface area contributed by atoms with Crippen molar-refractivity contribution in [2.45, 2.75) is 5.16 Å². The van der Waals surface area contributed by atoms with E-state index in [-0.39, 0.29) is 24.0 Å². The number of aromatic nitrogens is 4. The van der Waals surface area contributed by atoms with E-state index in [0.717, 1.165) is 4.80 Å². The summed E-state index contributed by atoms with van der Waals surface area (Å²) in [6.45, 7) is 0. The summed E-state index contributed by atoms with van der Waals surface area (Å²) >= 11 is -2.36. The standard InChI is InChI=1S/C2H4N4O2S.Li/c1-6-4-2(3-5-6)9(7)8;/h1H3,(H,7,8);/q;+1/p-1. The number of rotatable bonds is 1. The minimum absolute atomic E-state index is 0. The number of hydrogen-bond acceptors (Lipinski definition) is 5. The molecule has 0 aliphatic carbocycles. The first-order chi connectivity index (χ1) is 4.20. The average molecular weight is 154 g/mol. The monoisotopic (exact) mass is 154 g/mol. The Bertz CT molecular complexity index is 237. The summed E-state index contributed by atoms with van der Waals surface area (Å²) in [4.78, 5) is 1.07. The average Bonchev–Trinajstić information content (AvgIpc) is 2.14. The smallest absolute Gasteiger partial charge is 0.766 e. The number of tetrazole rings is 1. The van der Waals surface area contributed by atoms with Crippen molar-refractivity contribution >= 4 is 11.1 Å². The van der Waals surface area contributed by atoms with Gasteiger partial charge in [-0.3, -0.25) is 4.21 Å². The fraction of sp³-hybridized carbons (Fsp3) is 0.500. The van der Waals surface area contributed by atoms with E-state index in [4.69, 9.17) is 0 Å². The summed E-state index contributed by atoms with van der Waals surface area (Å²) in [5.41, 5.74) is 0. The molecule has 1 aromatic rings. The van der Waals surface area contributed by atoms with Gasteiger partial charge >= 0.3 is 18.9 Å². The van der Waals surface area contributed by atoms with Crippen molar-refractivity contribution in [3.63, 3.8) is 0 Å². The summed E-state index contributed by atoms with van der Waals surface area (Å²) in [6.07, 6.45) is 0. The SMILES string of the molecule is Cn1nnc(S(=O)[O-])n1.[Li+]. The Morgan fingerprint density at radius 1 is 1.70 bits per heavy atom. The second-order valence-electron chi connectivity index (χ2n) is 1.30. The van der Waals surface area contributed by atoms with Crippen molar-refractivity contribution in [1.29, 1.82) is 0 Å². The maximum atomic E-state index is 10.0. The summed E-state index contributed by atoms with van der Waals surface area (Å²) in [5, 5.41) is 9.62. The van der Waals surface area contributed by atoms with Gasteiger partial charge in [-0.1, -0.05) is 5.10 Å². The number of hydrogen-bond donors (Lipinski definition) is 0. The van der Waals surface area contributed by atoms with Gasteiger partial charge in [0.2, 0.25) is 5.16 Å². The molecule has 50 valence electrons. The molecule has 0 saturated heterocycles. The van der Waals surface area contributed by atoms with Gasteiger partial charge in [-0.25, -0.2) is 0 Å². The van der Waals surface area contributed by atoms with Crippen LogP contribution in [0, 0.1) is 0 Å². The predicted octanol–water partition coefficient (Wildman–Crippen LogP) is -4.55. The van der Waals surface area contributed by atoms with Gasteiger partial charge in [0.25, 0.3) is 0 Å². The van der Waals surface area contributed by atoms with Crippen LogP contribution >= 0.6 is 0 Å². The first-order valence-electron chi connectivity index (χ1n) is 2.03. The van der Waals surface area contributed by atoms with Crippen molar-refractivity contribution < 1.29 is 27.6 Å². The van der Waals surface area contributed by atoms with Crippen LogP contribution in [0.1, 0.15) is 0 Å². The zero-order valence-electron chi connectivity index (χ0n) is 5.51. The van der Waals surface area contributed by atoms with E-state index in [1.807, 2.05) is 0 Å². The molecule has 1 atom stereocenters. The molecule has 0 amide bonds. The van der Waals surface area contributed by atoms with Crippen molar-refractivity contribution in [3.8, 4) is 0 Å². The summed E-state index contributed by atoms with van der Waals surface area (Å²) in [6, 6.07) is 0. The van der Waals surface area contributed by atoms with Gasteiger partial charge in [0.15, 0.2) is 0 Å². The van der Waals surface area contributed by atoms with E-state index in [2.05, 4.69) is 15.4 Å². The molecule has 10 heavy (non-hydrogen) atoms. The predicted molar refractivity (Wildman–Crippen MR) is 26.0 cm³/mol. The fourth-order valence-corrected chi connectivity index (χ4v) is 0.621. The summed E-state index contributed by atoms with van der Waals surface area (Å²) < 4.78 is 20.1. The molecule has 1 unspecified atom stereocenters. The molecule has 0 radical (unpaired) electrons. The molecule has 1 heterocycles. The Morgan fingerprint density at radius 3 is 2.50 bits per heavy atom. The largest absolute Gasteiger partial charge is 1.00 e. The molecule has 0 saturated carbocycles. The van der Waals surface area contributed by atoms with Crippen molar-refractivity contribution in [1.82, 2.24) is 20.2 Å². The molecular formula is C2H3LiN4O2S. The molecule has 6 nitrogen and oxygen atoms in total. The van der Waals surface area contributed by atoms with E-state index in [1.165, 1.54) is 7.05 Å². The first-order valence-corrected chi connectivity index (χ1v) is 3.11. The Balaban J connectivity index is 0.000000810.